The van der Waals surface area contributed by atoms with Gasteiger partial charge in [0.2, 0.25) is 15.9 Å². The maximum atomic E-state index is 13.4. The molecule has 1 amide bonds. The predicted molar refractivity (Wildman–Crippen MR) is 84.0 cm³/mol. The third kappa shape index (κ3) is 3.17. The van der Waals surface area contributed by atoms with Crippen molar-refractivity contribution in [2.45, 2.75) is 23.8 Å². The fourth-order valence-corrected chi connectivity index (χ4v) is 4.74. The zero-order valence-electron chi connectivity index (χ0n) is 12.3. The number of nitrogens with zero attached hydrogens (tertiary/aromatic N) is 2. The molecule has 0 radical (unpaired) electrons. The van der Waals surface area contributed by atoms with E-state index < -0.39 is 33.6 Å². The molecular formula is C14H13F2N3O3S2. The molecule has 128 valence electrons. The molecule has 1 fully saturated rings. The van der Waals surface area contributed by atoms with E-state index in [0.29, 0.717) is 24.0 Å². The van der Waals surface area contributed by atoms with Crippen molar-refractivity contribution in [3.63, 3.8) is 0 Å². The van der Waals surface area contributed by atoms with Crippen molar-refractivity contribution in [3.05, 3.63) is 41.4 Å². The number of halogens is 2. The zero-order valence-corrected chi connectivity index (χ0v) is 13.9. The number of amides is 1. The second-order valence-electron chi connectivity index (χ2n) is 5.18. The van der Waals surface area contributed by atoms with Crippen LogP contribution in [0.1, 0.15) is 12.8 Å². The Morgan fingerprint density at radius 2 is 2.12 bits per heavy atom. The molecule has 1 atom stereocenters. The molecular weight excluding hydrogens is 360 g/mol. The predicted octanol–water partition coefficient (Wildman–Crippen LogP) is 2.21. The molecule has 1 aliphatic heterocycles. The molecule has 2 aromatic rings. The Labute approximate surface area is 141 Å². The van der Waals surface area contributed by atoms with Gasteiger partial charge in [-0.3, -0.25) is 4.79 Å². The van der Waals surface area contributed by atoms with Crippen LogP contribution < -0.4 is 5.32 Å². The van der Waals surface area contributed by atoms with Crippen molar-refractivity contribution < 1.29 is 22.0 Å². The highest BCUT2D eigenvalue weighted by Gasteiger charge is 2.39. The maximum Gasteiger partial charge on any atom is 0.244 e. The van der Waals surface area contributed by atoms with Crippen molar-refractivity contribution in [1.29, 1.82) is 0 Å². The van der Waals surface area contributed by atoms with E-state index in [1.54, 1.807) is 5.38 Å². The highest BCUT2D eigenvalue weighted by atomic mass is 32.2. The molecule has 1 aliphatic rings. The number of carbonyl (C=O) groups excluding carboxylic acids is 1. The lowest BCUT2D eigenvalue weighted by atomic mass is 10.2. The first-order valence-electron chi connectivity index (χ1n) is 7.07. The lowest BCUT2D eigenvalue weighted by Crippen LogP contribution is -2.43. The molecule has 6 nitrogen and oxygen atoms in total. The van der Waals surface area contributed by atoms with E-state index in [1.807, 2.05) is 0 Å². The van der Waals surface area contributed by atoms with Crippen molar-refractivity contribution in [2.24, 2.45) is 0 Å². The van der Waals surface area contributed by atoms with Gasteiger partial charge in [0.05, 0.1) is 4.90 Å². The summed E-state index contributed by atoms with van der Waals surface area (Å²) in [7, 11) is -4.10. The summed E-state index contributed by atoms with van der Waals surface area (Å²) in [5, 5.41) is 4.62. The van der Waals surface area contributed by atoms with Gasteiger partial charge in [-0.1, -0.05) is 0 Å². The smallest absolute Gasteiger partial charge is 0.244 e. The average molecular weight is 373 g/mol. The van der Waals surface area contributed by atoms with Crippen LogP contribution >= 0.6 is 11.3 Å². The maximum absolute atomic E-state index is 13.4. The van der Waals surface area contributed by atoms with Gasteiger partial charge < -0.3 is 5.32 Å². The standard InChI is InChI=1S/C14H13F2N3O3S2/c15-10-4-3-9(8-11(10)16)24(21,22)19-6-1-2-12(19)13(20)18-14-17-5-7-23-14/h3-5,7-8,12H,1-2,6H2,(H,17,18,20)/t12-/m1/s1. The van der Waals surface area contributed by atoms with Crippen molar-refractivity contribution in [3.8, 4) is 0 Å². The summed E-state index contributed by atoms with van der Waals surface area (Å²) in [5.74, 6) is -2.87. The van der Waals surface area contributed by atoms with E-state index in [1.165, 1.54) is 17.5 Å². The Morgan fingerprint density at radius 1 is 1.33 bits per heavy atom. The topological polar surface area (TPSA) is 79.4 Å². The minimum atomic E-state index is -4.10. The van der Waals surface area contributed by atoms with Gasteiger partial charge >= 0.3 is 0 Å². The first-order chi connectivity index (χ1) is 11.4. The zero-order chi connectivity index (χ0) is 17.3. The first kappa shape index (κ1) is 16.9. The molecule has 0 saturated carbocycles. The van der Waals surface area contributed by atoms with Crippen LogP contribution in [0.5, 0.6) is 0 Å². The average Bonchev–Trinajstić information content (AvgIpc) is 3.20. The molecule has 0 spiro atoms. The Bertz CT molecular complexity index is 856. The monoisotopic (exact) mass is 373 g/mol. The van der Waals surface area contributed by atoms with Crippen LogP contribution in [0.15, 0.2) is 34.7 Å². The van der Waals surface area contributed by atoms with Crippen molar-refractivity contribution >= 4 is 32.4 Å². The van der Waals surface area contributed by atoms with E-state index >= 15 is 0 Å². The number of aromatic nitrogens is 1. The molecule has 10 heteroatoms. The van der Waals surface area contributed by atoms with Crippen LogP contribution in [0, 0.1) is 11.6 Å². The number of hydrogen-bond donors (Lipinski definition) is 1. The van der Waals surface area contributed by atoms with Crippen LogP contribution in [-0.4, -0.2) is 36.2 Å². The van der Waals surface area contributed by atoms with Crippen molar-refractivity contribution in [1.82, 2.24) is 9.29 Å². The highest BCUT2D eigenvalue weighted by Crippen LogP contribution is 2.28. The number of thiazole rings is 1. The summed E-state index contributed by atoms with van der Waals surface area (Å²) in [6, 6.07) is 1.45. The minimum Gasteiger partial charge on any atom is -0.301 e. The fraction of sp³-hybridized carbons (Fsp3) is 0.286. The van der Waals surface area contributed by atoms with Gasteiger partial charge in [0.15, 0.2) is 16.8 Å². The molecule has 1 saturated heterocycles. The summed E-state index contributed by atoms with van der Waals surface area (Å²) in [5.41, 5.74) is 0. The van der Waals surface area contributed by atoms with E-state index in [-0.39, 0.29) is 11.4 Å². The van der Waals surface area contributed by atoms with Crippen LogP contribution in [0.25, 0.3) is 0 Å². The highest BCUT2D eigenvalue weighted by molar-refractivity contribution is 7.89. The van der Waals surface area contributed by atoms with Crippen LogP contribution in [0.2, 0.25) is 0 Å². The number of sulfonamides is 1. The largest absolute Gasteiger partial charge is 0.301 e. The van der Waals surface area contributed by atoms with E-state index in [0.717, 1.165) is 16.4 Å². The van der Waals surface area contributed by atoms with Crippen LogP contribution in [0.3, 0.4) is 0 Å². The van der Waals surface area contributed by atoms with Crippen molar-refractivity contribution in [2.75, 3.05) is 11.9 Å². The van der Waals surface area contributed by atoms with Gasteiger partial charge in [-0.15, -0.1) is 11.3 Å². The van der Waals surface area contributed by atoms with Gasteiger partial charge in [0.1, 0.15) is 6.04 Å². The second-order valence-corrected chi connectivity index (χ2v) is 7.96. The van der Waals surface area contributed by atoms with Gasteiger partial charge in [0, 0.05) is 18.1 Å². The number of hydrogen-bond acceptors (Lipinski definition) is 5. The Morgan fingerprint density at radius 3 is 2.79 bits per heavy atom. The molecule has 3 rings (SSSR count). The van der Waals surface area contributed by atoms with E-state index in [2.05, 4.69) is 10.3 Å². The Kier molecular flexibility index (Phi) is 4.61. The number of nitrogens with one attached hydrogen (secondary N) is 1. The lowest BCUT2D eigenvalue weighted by molar-refractivity contribution is -0.119. The fourth-order valence-electron chi connectivity index (χ4n) is 2.54. The molecule has 1 N–H and O–H groups in total. The summed E-state index contributed by atoms with van der Waals surface area (Å²) in [4.78, 5) is 15.9. The summed E-state index contributed by atoms with van der Waals surface area (Å²) in [6.07, 6.45) is 2.36. The minimum absolute atomic E-state index is 0.136. The summed E-state index contributed by atoms with van der Waals surface area (Å²) in [6.45, 7) is 0.136. The SMILES string of the molecule is O=C(Nc1nccs1)[C@H]1CCCN1S(=O)(=O)c1ccc(F)c(F)c1. The molecule has 2 heterocycles. The van der Waals surface area contributed by atoms with E-state index in [4.69, 9.17) is 0 Å². The quantitative estimate of drug-likeness (QED) is 0.891. The number of anilines is 1. The molecule has 0 aliphatic carbocycles. The Balaban J connectivity index is 1.86. The lowest BCUT2D eigenvalue weighted by Gasteiger charge is -2.23. The van der Waals surface area contributed by atoms with Gasteiger partial charge in [-0.25, -0.2) is 22.2 Å². The third-order valence-electron chi connectivity index (χ3n) is 3.67. The molecule has 1 aromatic heterocycles. The van der Waals surface area contributed by atoms with Crippen LogP contribution in [-0.2, 0) is 14.8 Å². The molecule has 0 unspecified atom stereocenters. The number of rotatable bonds is 4. The second kappa shape index (κ2) is 6.54. The summed E-state index contributed by atoms with van der Waals surface area (Å²) < 4.78 is 52.7. The molecule has 0 bridgehead atoms. The van der Waals surface area contributed by atoms with E-state index in [9.17, 15) is 22.0 Å². The first-order valence-corrected chi connectivity index (χ1v) is 9.39. The molecule has 24 heavy (non-hydrogen) atoms. The third-order valence-corrected chi connectivity index (χ3v) is 6.26. The number of benzene rings is 1. The Hall–Kier alpha value is -1.91. The van der Waals surface area contributed by atoms with Gasteiger partial charge in [-0.2, -0.15) is 4.31 Å². The van der Waals surface area contributed by atoms with Gasteiger partial charge in [0.25, 0.3) is 0 Å². The van der Waals surface area contributed by atoms with Crippen LogP contribution in [0.4, 0.5) is 13.9 Å². The summed E-state index contributed by atoms with van der Waals surface area (Å²) >= 11 is 1.22. The normalized spacial score (nSPS) is 18.7. The van der Waals surface area contributed by atoms with Gasteiger partial charge in [-0.05, 0) is 31.0 Å². The number of carbonyl (C=O) groups is 1. The molecule has 1 aromatic carbocycles.